The molecule has 0 bridgehead atoms. The maximum atomic E-state index is 12.8. The van der Waals surface area contributed by atoms with Crippen LogP contribution in [0.25, 0.3) is 0 Å². The lowest BCUT2D eigenvalue weighted by Gasteiger charge is -2.38. The first-order valence-corrected chi connectivity index (χ1v) is 20.8. The van der Waals surface area contributed by atoms with Gasteiger partial charge in [-0.25, -0.2) is 0 Å². The van der Waals surface area contributed by atoms with E-state index in [1.165, 1.54) is 179 Å². The number of nitrogens with one attached hydrogen (secondary N) is 1. The van der Waals surface area contributed by atoms with Crippen LogP contribution in [0.3, 0.4) is 0 Å². The van der Waals surface area contributed by atoms with Crippen molar-refractivity contribution < 1.29 is 4.79 Å². The summed E-state index contributed by atoms with van der Waals surface area (Å²) in [7, 11) is 0. The van der Waals surface area contributed by atoms with Crippen LogP contribution in [0, 0.1) is 0 Å². The predicted octanol–water partition coefficient (Wildman–Crippen LogP) is 13.7. The predicted molar refractivity (Wildman–Crippen MR) is 212 cm³/mol. The molecule has 4 nitrogen and oxygen atoms in total. The Kier molecular flexibility index (Phi) is 32.7. The van der Waals surface area contributed by atoms with Crippen LogP contribution >= 0.6 is 12.4 Å². The van der Waals surface area contributed by atoms with Crippen molar-refractivity contribution in [3.05, 3.63) is 12.2 Å². The molecule has 0 aromatic rings. The van der Waals surface area contributed by atoms with Crippen molar-refractivity contribution >= 4 is 24.1 Å². The van der Waals surface area contributed by atoms with Crippen molar-refractivity contribution in [2.75, 3.05) is 13.1 Å². The van der Waals surface area contributed by atoms with E-state index in [9.17, 15) is 4.79 Å². The molecule has 0 aliphatic carbocycles. The Balaban J connectivity index is 0.0000212. The first kappa shape index (κ1) is 46.0. The standard InChI is InChI=1S/C42H81N3O.ClH/c1-5-7-9-11-13-15-17-19-21-23-24-26-28-30-32-34-36-40-43-38-39-45(40)42(3,4)44-41(46)37-35-33-31-29-27-25-22-20-18-16-14-12-10-8-6-2;/h20,22H,5-19,21,23-39H2,1-4H3,(H,44,46);1H/b22-20-;. The average molecular weight is 681 g/mol. The summed E-state index contributed by atoms with van der Waals surface area (Å²) in [5.74, 6) is 1.40. The first-order chi connectivity index (χ1) is 22.5. The Bertz CT molecular complexity index is 750. The van der Waals surface area contributed by atoms with E-state index < -0.39 is 0 Å². The molecule has 0 aromatic carbocycles. The second-order valence-corrected chi connectivity index (χ2v) is 14.9. The van der Waals surface area contributed by atoms with E-state index in [0.29, 0.717) is 6.42 Å². The molecule has 0 atom stereocenters. The van der Waals surface area contributed by atoms with E-state index in [4.69, 9.17) is 4.99 Å². The fraction of sp³-hybridized carbons (Fsp3) is 0.905. The second-order valence-electron chi connectivity index (χ2n) is 14.9. The zero-order chi connectivity index (χ0) is 33.4. The van der Waals surface area contributed by atoms with Crippen molar-refractivity contribution in [3.63, 3.8) is 0 Å². The van der Waals surface area contributed by atoms with Gasteiger partial charge in [0, 0.05) is 19.4 Å². The highest BCUT2D eigenvalue weighted by atomic mass is 35.5. The summed E-state index contributed by atoms with van der Waals surface area (Å²) in [6.45, 7) is 10.7. The number of unbranched alkanes of at least 4 members (excludes halogenated alkanes) is 26. The molecule has 1 aliphatic rings. The van der Waals surface area contributed by atoms with Gasteiger partial charge in [0.15, 0.2) is 0 Å². The highest BCUT2D eigenvalue weighted by molar-refractivity contribution is 5.86. The van der Waals surface area contributed by atoms with Crippen LogP contribution in [-0.4, -0.2) is 35.4 Å². The molecule has 1 rings (SSSR count). The van der Waals surface area contributed by atoms with E-state index in [-0.39, 0.29) is 24.0 Å². The molecule has 1 amide bonds. The lowest BCUT2D eigenvalue weighted by atomic mass is 10.0. The molecule has 0 saturated carbocycles. The molecule has 0 fully saturated rings. The zero-order valence-corrected chi connectivity index (χ0v) is 33.0. The fourth-order valence-corrected chi connectivity index (χ4v) is 6.97. The molecule has 0 radical (unpaired) electrons. The third-order valence-electron chi connectivity index (χ3n) is 9.97. The molecule has 1 N–H and O–H groups in total. The van der Waals surface area contributed by atoms with Crippen LogP contribution < -0.4 is 5.32 Å². The Hall–Kier alpha value is -1.03. The van der Waals surface area contributed by atoms with Crippen LogP contribution in [0.15, 0.2) is 17.1 Å². The van der Waals surface area contributed by atoms with Gasteiger partial charge in [0.25, 0.3) is 0 Å². The number of allylic oxidation sites excluding steroid dienone is 2. The highest BCUT2D eigenvalue weighted by Gasteiger charge is 2.32. The van der Waals surface area contributed by atoms with Crippen LogP contribution in [0.1, 0.15) is 227 Å². The number of amidine groups is 1. The maximum Gasteiger partial charge on any atom is 0.221 e. The molecule has 47 heavy (non-hydrogen) atoms. The summed E-state index contributed by atoms with van der Waals surface area (Å²) in [4.78, 5) is 20.0. The molecular formula is C42H82ClN3O. The van der Waals surface area contributed by atoms with Crippen LogP contribution in [-0.2, 0) is 4.79 Å². The molecule has 1 heterocycles. The number of nitrogens with zero attached hydrogens (tertiary/aromatic N) is 2. The smallest absolute Gasteiger partial charge is 0.221 e. The van der Waals surface area contributed by atoms with Gasteiger partial charge in [-0.3, -0.25) is 9.79 Å². The summed E-state index contributed by atoms with van der Waals surface area (Å²) < 4.78 is 0. The highest BCUT2D eigenvalue weighted by Crippen LogP contribution is 2.21. The topological polar surface area (TPSA) is 44.7 Å². The van der Waals surface area contributed by atoms with Gasteiger partial charge < -0.3 is 10.2 Å². The number of halogens is 1. The molecular weight excluding hydrogens is 598 g/mol. The van der Waals surface area contributed by atoms with Crippen molar-refractivity contribution in [2.45, 2.75) is 232 Å². The zero-order valence-electron chi connectivity index (χ0n) is 32.2. The number of hydrogen-bond donors (Lipinski definition) is 1. The first-order valence-electron chi connectivity index (χ1n) is 20.8. The largest absolute Gasteiger partial charge is 0.336 e. The van der Waals surface area contributed by atoms with Gasteiger partial charge in [0.05, 0.1) is 6.54 Å². The Morgan fingerprint density at radius 2 is 1.00 bits per heavy atom. The number of aliphatic imine (C=N–C) groups is 1. The quantitative estimate of drug-likeness (QED) is 0.0543. The molecule has 0 aromatic heterocycles. The third-order valence-corrected chi connectivity index (χ3v) is 9.97. The van der Waals surface area contributed by atoms with Crippen LogP contribution in [0.4, 0.5) is 0 Å². The lowest BCUT2D eigenvalue weighted by molar-refractivity contribution is -0.124. The monoisotopic (exact) mass is 680 g/mol. The van der Waals surface area contributed by atoms with Gasteiger partial charge in [-0.2, -0.15) is 0 Å². The van der Waals surface area contributed by atoms with Crippen LogP contribution in [0.5, 0.6) is 0 Å². The summed E-state index contributed by atoms with van der Waals surface area (Å²) >= 11 is 0. The minimum Gasteiger partial charge on any atom is -0.336 e. The van der Waals surface area contributed by atoms with Crippen molar-refractivity contribution in [1.29, 1.82) is 0 Å². The molecule has 278 valence electrons. The van der Waals surface area contributed by atoms with E-state index in [1.807, 2.05) is 0 Å². The molecule has 0 unspecified atom stereocenters. The van der Waals surface area contributed by atoms with Crippen molar-refractivity contribution in [2.24, 2.45) is 4.99 Å². The summed E-state index contributed by atoms with van der Waals surface area (Å²) in [6.07, 6.45) is 45.6. The minimum atomic E-state index is -0.358. The normalized spacial score (nSPS) is 13.4. The molecule has 0 spiro atoms. The number of hydrogen-bond acceptors (Lipinski definition) is 3. The van der Waals surface area contributed by atoms with Gasteiger partial charge in [-0.15, -0.1) is 12.4 Å². The number of carbonyl (C=O) groups excluding carboxylic acids is 1. The third kappa shape index (κ3) is 27.5. The van der Waals surface area contributed by atoms with E-state index in [0.717, 1.165) is 32.4 Å². The number of amides is 1. The average Bonchev–Trinajstić information content (AvgIpc) is 3.52. The minimum absolute atomic E-state index is 0. The van der Waals surface area contributed by atoms with Gasteiger partial charge in [0.2, 0.25) is 5.91 Å². The van der Waals surface area contributed by atoms with Crippen molar-refractivity contribution in [3.8, 4) is 0 Å². The number of carbonyl (C=O) groups is 1. The molecule has 0 saturated heterocycles. The fourth-order valence-electron chi connectivity index (χ4n) is 6.97. The van der Waals surface area contributed by atoms with Gasteiger partial charge >= 0.3 is 0 Å². The van der Waals surface area contributed by atoms with Gasteiger partial charge in [-0.1, -0.05) is 174 Å². The SMILES string of the molecule is CCCCCCCC/C=C\CCCCCCCC(=O)NC(C)(C)N1CCN=C1CCCCCCCCCCCCCCCCCC.Cl. The summed E-state index contributed by atoms with van der Waals surface area (Å²) in [5.41, 5.74) is -0.358. The number of rotatable bonds is 34. The van der Waals surface area contributed by atoms with Gasteiger partial charge in [-0.05, 0) is 52.4 Å². The van der Waals surface area contributed by atoms with Crippen LogP contribution in [0.2, 0.25) is 0 Å². The maximum absolute atomic E-state index is 12.8. The second kappa shape index (κ2) is 33.5. The van der Waals surface area contributed by atoms with E-state index in [2.05, 4.69) is 50.1 Å². The summed E-state index contributed by atoms with van der Waals surface area (Å²) in [5, 5.41) is 3.33. The summed E-state index contributed by atoms with van der Waals surface area (Å²) in [6, 6.07) is 0. The lowest BCUT2D eigenvalue weighted by Crippen LogP contribution is -2.57. The Morgan fingerprint density at radius 3 is 1.45 bits per heavy atom. The van der Waals surface area contributed by atoms with E-state index >= 15 is 0 Å². The van der Waals surface area contributed by atoms with Crippen molar-refractivity contribution in [1.82, 2.24) is 10.2 Å². The molecule has 5 heteroatoms. The van der Waals surface area contributed by atoms with E-state index in [1.54, 1.807) is 0 Å². The Morgan fingerprint density at radius 1 is 0.617 bits per heavy atom. The van der Waals surface area contributed by atoms with Gasteiger partial charge in [0.1, 0.15) is 11.5 Å². The molecule has 1 aliphatic heterocycles. The Labute approximate surface area is 301 Å².